The van der Waals surface area contributed by atoms with Crippen molar-refractivity contribution in [3.05, 3.63) is 35.9 Å². The zero-order chi connectivity index (χ0) is 15.8. The van der Waals surface area contributed by atoms with Crippen LogP contribution in [0.2, 0.25) is 0 Å². The Morgan fingerprint density at radius 3 is 2.43 bits per heavy atom. The maximum Gasteiger partial charge on any atom is 0.414 e. The molecule has 114 valence electrons. The topological polar surface area (TPSA) is 98.1 Å². The van der Waals surface area contributed by atoms with Gasteiger partial charge in [-0.3, -0.25) is 4.90 Å². The van der Waals surface area contributed by atoms with Crippen LogP contribution in [0.3, 0.4) is 0 Å². The average molecular weight is 293 g/mol. The first-order valence-electron chi connectivity index (χ1n) is 6.61. The number of phenolic OH excluding ortho intramolecular Hbond substituents is 1. The fraction of sp³-hybridized carbons (Fsp3) is 0.333. The molecular weight excluding hydrogens is 274 g/mol. The fourth-order valence-electron chi connectivity index (χ4n) is 1.99. The standard InChI is InChI=1S/C13H17NO.C2H2O4/c1-2-14-8-4-6-12(10-14)11-5-3-7-13(15)9-11;3-1(4)2(5)6/h3,5-7,9,15H,2,4,8,10H2,1H3;(H,3,4)(H,5,6). The summed E-state index contributed by atoms with van der Waals surface area (Å²) in [5, 5.41) is 24.2. The van der Waals surface area contributed by atoms with Gasteiger partial charge in [-0.15, -0.1) is 0 Å². The molecule has 21 heavy (non-hydrogen) atoms. The van der Waals surface area contributed by atoms with Gasteiger partial charge in [0.05, 0.1) is 0 Å². The van der Waals surface area contributed by atoms with E-state index in [1.165, 1.54) is 5.57 Å². The van der Waals surface area contributed by atoms with Gasteiger partial charge in [-0.2, -0.15) is 0 Å². The lowest BCUT2D eigenvalue weighted by atomic mass is 10.0. The maximum absolute atomic E-state index is 9.43. The lowest BCUT2D eigenvalue weighted by Crippen LogP contribution is -2.29. The highest BCUT2D eigenvalue weighted by Gasteiger charge is 2.12. The normalized spacial score (nSPS) is 14.6. The molecule has 0 saturated carbocycles. The predicted octanol–water partition coefficient (Wildman–Crippen LogP) is 1.66. The number of carbonyl (C=O) groups is 2. The number of nitrogens with zero attached hydrogens (tertiary/aromatic N) is 1. The predicted molar refractivity (Wildman–Crippen MR) is 78.1 cm³/mol. The van der Waals surface area contributed by atoms with Gasteiger partial charge in [-0.25, -0.2) is 9.59 Å². The van der Waals surface area contributed by atoms with Gasteiger partial charge in [-0.05, 0) is 36.2 Å². The Bertz CT molecular complexity index is 527. The zero-order valence-corrected chi connectivity index (χ0v) is 11.8. The zero-order valence-electron chi connectivity index (χ0n) is 11.8. The molecule has 3 N–H and O–H groups in total. The molecule has 0 bridgehead atoms. The van der Waals surface area contributed by atoms with E-state index in [4.69, 9.17) is 19.8 Å². The summed E-state index contributed by atoms with van der Waals surface area (Å²) in [5.41, 5.74) is 2.48. The van der Waals surface area contributed by atoms with Gasteiger partial charge < -0.3 is 15.3 Å². The summed E-state index contributed by atoms with van der Waals surface area (Å²) in [6, 6.07) is 7.51. The third-order valence-corrected chi connectivity index (χ3v) is 3.08. The number of benzene rings is 1. The maximum atomic E-state index is 9.43. The second-order valence-corrected chi connectivity index (χ2v) is 4.55. The molecule has 2 rings (SSSR count). The van der Waals surface area contributed by atoms with Gasteiger partial charge in [0.2, 0.25) is 0 Å². The highest BCUT2D eigenvalue weighted by Crippen LogP contribution is 2.23. The largest absolute Gasteiger partial charge is 0.508 e. The van der Waals surface area contributed by atoms with E-state index in [0.29, 0.717) is 5.75 Å². The molecule has 0 radical (unpaired) electrons. The van der Waals surface area contributed by atoms with Crippen molar-refractivity contribution in [2.24, 2.45) is 0 Å². The number of hydrogen-bond donors (Lipinski definition) is 3. The highest BCUT2D eigenvalue weighted by molar-refractivity contribution is 6.27. The van der Waals surface area contributed by atoms with Crippen molar-refractivity contribution in [1.29, 1.82) is 0 Å². The van der Waals surface area contributed by atoms with Crippen LogP contribution in [-0.4, -0.2) is 51.8 Å². The first kappa shape index (κ1) is 16.7. The molecule has 1 heterocycles. The first-order chi connectivity index (χ1) is 9.93. The van der Waals surface area contributed by atoms with Crippen LogP contribution in [0.5, 0.6) is 5.75 Å². The summed E-state index contributed by atoms with van der Waals surface area (Å²) >= 11 is 0. The number of phenols is 1. The van der Waals surface area contributed by atoms with Crippen LogP contribution < -0.4 is 0 Å². The van der Waals surface area contributed by atoms with Crippen molar-refractivity contribution in [3.63, 3.8) is 0 Å². The van der Waals surface area contributed by atoms with Crippen molar-refractivity contribution in [1.82, 2.24) is 4.90 Å². The van der Waals surface area contributed by atoms with Crippen LogP contribution in [0.15, 0.2) is 30.3 Å². The van der Waals surface area contributed by atoms with E-state index in [1.54, 1.807) is 6.07 Å². The van der Waals surface area contributed by atoms with Crippen molar-refractivity contribution in [2.45, 2.75) is 13.3 Å². The second-order valence-electron chi connectivity index (χ2n) is 4.55. The molecule has 0 atom stereocenters. The number of carboxylic acid groups (broad SMARTS) is 2. The lowest BCUT2D eigenvalue weighted by Gasteiger charge is -2.26. The van der Waals surface area contributed by atoms with E-state index in [1.807, 2.05) is 12.1 Å². The molecule has 1 aromatic carbocycles. The number of aromatic hydroxyl groups is 1. The number of carboxylic acids is 2. The van der Waals surface area contributed by atoms with E-state index >= 15 is 0 Å². The summed E-state index contributed by atoms with van der Waals surface area (Å²) < 4.78 is 0. The fourth-order valence-corrected chi connectivity index (χ4v) is 1.99. The van der Waals surface area contributed by atoms with Gasteiger partial charge >= 0.3 is 11.9 Å². The SMILES string of the molecule is CCN1CCC=C(c2cccc(O)c2)C1.O=C(O)C(=O)O. The van der Waals surface area contributed by atoms with Crippen LogP contribution in [-0.2, 0) is 9.59 Å². The van der Waals surface area contributed by atoms with Gasteiger partial charge in [0, 0.05) is 13.1 Å². The third kappa shape index (κ3) is 5.66. The van der Waals surface area contributed by atoms with Crippen LogP contribution in [0.1, 0.15) is 18.9 Å². The molecule has 0 aromatic heterocycles. The summed E-state index contributed by atoms with van der Waals surface area (Å²) in [6.45, 7) is 5.43. The van der Waals surface area contributed by atoms with Crippen molar-refractivity contribution in [2.75, 3.05) is 19.6 Å². The molecule has 1 aromatic rings. The number of hydrogen-bond acceptors (Lipinski definition) is 4. The Labute approximate surface area is 122 Å². The van der Waals surface area contributed by atoms with Crippen LogP contribution in [0, 0.1) is 0 Å². The average Bonchev–Trinajstić information content (AvgIpc) is 2.48. The number of aliphatic carboxylic acids is 2. The molecule has 6 heteroatoms. The van der Waals surface area contributed by atoms with Gasteiger partial charge in [-0.1, -0.05) is 25.1 Å². The molecule has 0 fully saturated rings. The molecule has 1 aliphatic rings. The summed E-state index contributed by atoms with van der Waals surface area (Å²) in [7, 11) is 0. The van der Waals surface area contributed by atoms with Gasteiger partial charge in [0.1, 0.15) is 5.75 Å². The molecule has 6 nitrogen and oxygen atoms in total. The Hall–Kier alpha value is -2.34. The van der Waals surface area contributed by atoms with E-state index in [0.717, 1.165) is 31.6 Å². The molecule has 0 saturated heterocycles. The molecular formula is C15H19NO5. The molecule has 1 aliphatic heterocycles. The van der Waals surface area contributed by atoms with Crippen LogP contribution >= 0.6 is 0 Å². The van der Waals surface area contributed by atoms with E-state index in [-0.39, 0.29) is 0 Å². The summed E-state index contributed by atoms with van der Waals surface area (Å²) in [4.78, 5) is 20.6. The Kier molecular flexibility index (Phi) is 6.42. The Balaban J connectivity index is 0.000000315. The minimum absolute atomic E-state index is 0.349. The van der Waals surface area contributed by atoms with Crippen molar-refractivity contribution >= 4 is 17.5 Å². The lowest BCUT2D eigenvalue weighted by molar-refractivity contribution is -0.159. The molecule has 0 spiro atoms. The second kappa shape index (κ2) is 8.06. The smallest absolute Gasteiger partial charge is 0.414 e. The van der Waals surface area contributed by atoms with Crippen molar-refractivity contribution < 1.29 is 24.9 Å². The molecule has 0 amide bonds. The summed E-state index contributed by atoms with van der Waals surface area (Å²) in [6.07, 6.45) is 3.39. The van der Waals surface area contributed by atoms with Gasteiger partial charge in [0.15, 0.2) is 0 Å². The minimum Gasteiger partial charge on any atom is -0.508 e. The monoisotopic (exact) mass is 293 g/mol. The van der Waals surface area contributed by atoms with E-state index in [9.17, 15) is 5.11 Å². The van der Waals surface area contributed by atoms with E-state index in [2.05, 4.69) is 24.0 Å². The number of likely N-dealkylation sites (N-methyl/N-ethyl adjacent to an activating group) is 1. The summed E-state index contributed by atoms with van der Waals surface area (Å²) in [5.74, 6) is -3.30. The number of rotatable bonds is 2. The van der Waals surface area contributed by atoms with Crippen molar-refractivity contribution in [3.8, 4) is 5.75 Å². The van der Waals surface area contributed by atoms with Gasteiger partial charge in [0.25, 0.3) is 0 Å². The third-order valence-electron chi connectivity index (χ3n) is 3.08. The highest BCUT2D eigenvalue weighted by atomic mass is 16.4. The minimum atomic E-state index is -1.82. The quantitative estimate of drug-likeness (QED) is 0.717. The van der Waals surface area contributed by atoms with Crippen LogP contribution in [0.25, 0.3) is 5.57 Å². The van der Waals surface area contributed by atoms with E-state index < -0.39 is 11.9 Å². The first-order valence-corrected chi connectivity index (χ1v) is 6.61. The molecule has 0 unspecified atom stereocenters. The Morgan fingerprint density at radius 2 is 1.90 bits per heavy atom. The van der Waals surface area contributed by atoms with Crippen LogP contribution in [0.4, 0.5) is 0 Å². The molecule has 0 aliphatic carbocycles. The Morgan fingerprint density at radius 1 is 1.24 bits per heavy atom.